The van der Waals surface area contributed by atoms with Crippen molar-refractivity contribution in [3.63, 3.8) is 0 Å². The Labute approximate surface area is 178 Å². The number of hydrogen-bond acceptors (Lipinski definition) is 7. The van der Waals surface area contributed by atoms with Crippen molar-refractivity contribution in [2.75, 3.05) is 32.7 Å². The van der Waals surface area contributed by atoms with Crippen LogP contribution in [0.5, 0.6) is 5.75 Å². The molecule has 0 atom stereocenters. The van der Waals surface area contributed by atoms with Gasteiger partial charge in [0, 0.05) is 31.2 Å². The third-order valence-electron chi connectivity index (χ3n) is 5.06. The summed E-state index contributed by atoms with van der Waals surface area (Å²) >= 11 is 0. The number of amides is 1. The van der Waals surface area contributed by atoms with E-state index in [1.807, 2.05) is 10.9 Å². The lowest BCUT2D eigenvalue weighted by molar-refractivity contribution is -0.0286. The minimum Gasteiger partial charge on any atom is -0.494 e. The minimum atomic E-state index is -0.469. The number of benzene rings is 1. The van der Waals surface area contributed by atoms with Gasteiger partial charge in [-0.25, -0.2) is 14.4 Å². The molecule has 1 aliphatic heterocycles. The van der Waals surface area contributed by atoms with Crippen molar-refractivity contribution in [1.82, 2.24) is 25.1 Å². The standard InChI is InChI=1S/C21H23FN6O3/c1-23-20(29)15-5-14(19(22)18(6-15)30-2)4-3-13-7-24-21(25-8-13)27-16-9-26-28(10-16)17-11-31-12-17/h5-10,17H,3-4,11-12H2,1-2H3,(H,23,29)(H,24,25,27). The zero-order valence-corrected chi connectivity index (χ0v) is 17.3. The number of anilines is 2. The molecule has 2 N–H and O–H groups in total. The van der Waals surface area contributed by atoms with Crippen LogP contribution in [-0.4, -0.2) is 53.0 Å². The summed E-state index contributed by atoms with van der Waals surface area (Å²) in [6.07, 6.45) is 7.87. The Balaban J connectivity index is 1.40. The Bertz CT molecular complexity index is 1070. The maximum absolute atomic E-state index is 14.6. The summed E-state index contributed by atoms with van der Waals surface area (Å²) in [6, 6.07) is 3.21. The first-order valence-electron chi connectivity index (χ1n) is 9.85. The molecule has 0 radical (unpaired) electrons. The Hall–Kier alpha value is -3.53. The van der Waals surface area contributed by atoms with Gasteiger partial charge in [-0.3, -0.25) is 9.48 Å². The highest BCUT2D eigenvalue weighted by Crippen LogP contribution is 2.24. The van der Waals surface area contributed by atoms with Gasteiger partial charge in [-0.1, -0.05) is 0 Å². The number of aryl methyl sites for hydroxylation is 2. The average molecular weight is 426 g/mol. The molecular formula is C21H23FN6O3. The van der Waals surface area contributed by atoms with Crippen LogP contribution in [0.2, 0.25) is 0 Å². The molecule has 3 heterocycles. The number of nitrogens with zero attached hydrogens (tertiary/aromatic N) is 4. The van der Waals surface area contributed by atoms with Crippen LogP contribution >= 0.6 is 0 Å². The van der Waals surface area contributed by atoms with Crippen LogP contribution in [0.25, 0.3) is 0 Å². The summed E-state index contributed by atoms with van der Waals surface area (Å²) in [4.78, 5) is 20.6. The largest absolute Gasteiger partial charge is 0.494 e. The predicted molar refractivity (Wildman–Crippen MR) is 111 cm³/mol. The average Bonchev–Trinajstić information content (AvgIpc) is 3.19. The van der Waals surface area contributed by atoms with Gasteiger partial charge in [0.15, 0.2) is 11.6 Å². The molecule has 1 amide bonds. The van der Waals surface area contributed by atoms with Crippen molar-refractivity contribution >= 4 is 17.5 Å². The number of carbonyl (C=O) groups excluding carboxylic acids is 1. The van der Waals surface area contributed by atoms with Crippen molar-refractivity contribution < 1.29 is 18.7 Å². The fourth-order valence-electron chi connectivity index (χ4n) is 3.20. The second-order valence-electron chi connectivity index (χ2n) is 7.17. The van der Waals surface area contributed by atoms with Crippen LogP contribution in [0.3, 0.4) is 0 Å². The van der Waals surface area contributed by atoms with Gasteiger partial charge in [0.25, 0.3) is 5.91 Å². The molecule has 2 aromatic heterocycles. The maximum atomic E-state index is 14.6. The monoisotopic (exact) mass is 426 g/mol. The lowest BCUT2D eigenvalue weighted by Gasteiger charge is -2.25. The number of carbonyl (C=O) groups is 1. The Kier molecular flexibility index (Phi) is 6.08. The van der Waals surface area contributed by atoms with Crippen LogP contribution in [-0.2, 0) is 17.6 Å². The molecule has 10 heteroatoms. The minimum absolute atomic E-state index is 0.0425. The smallest absolute Gasteiger partial charge is 0.251 e. The molecule has 4 rings (SSSR count). The van der Waals surface area contributed by atoms with Crippen molar-refractivity contribution in [2.24, 2.45) is 0 Å². The normalized spacial score (nSPS) is 13.5. The second-order valence-corrected chi connectivity index (χ2v) is 7.17. The second kappa shape index (κ2) is 9.09. The van der Waals surface area contributed by atoms with Crippen LogP contribution in [0.1, 0.15) is 27.5 Å². The van der Waals surface area contributed by atoms with E-state index in [4.69, 9.17) is 9.47 Å². The van der Waals surface area contributed by atoms with Gasteiger partial charge < -0.3 is 20.1 Å². The summed E-state index contributed by atoms with van der Waals surface area (Å²) in [5, 5.41) is 9.96. The van der Waals surface area contributed by atoms with E-state index in [1.54, 1.807) is 18.6 Å². The first kappa shape index (κ1) is 20.7. The number of aromatic nitrogens is 4. The van der Waals surface area contributed by atoms with E-state index in [-0.39, 0.29) is 17.7 Å². The zero-order chi connectivity index (χ0) is 21.8. The van der Waals surface area contributed by atoms with Gasteiger partial charge in [0.2, 0.25) is 5.95 Å². The van der Waals surface area contributed by atoms with Gasteiger partial charge in [-0.05, 0) is 36.1 Å². The number of halogens is 1. The van der Waals surface area contributed by atoms with E-state index < -0.39 is 5.82 Å². The third-order valence-corrected chi connectivity index (χ3v) is 5.06. The van der Waals surface area contributed by atoms with E-state index in [2.05, 4.69) is 25.7 Å². The Morgan fingerprint density at radius 3 is 2.68 bits per heavy atom. The van der Waals surface area contributed by atoms with E-state index in [0.717, 1.165) is 11.3 Å². The van der Waals surface area contributed by atoms with Crippen molar-refractivity contribution in [3.8, 4) is 5.75 Å². The molecule has 31 heavy (non-hydrogen) atoms. The van der Waals surface area contributed by atoms with E-state index in [9.17, 15) is 9.18 Å². The van der Waals surface area contributed by atoms with Gasteiger partial charge >= 0.3 is 0 Å². The number of nitrogens with one attached hydrogen (secondary N) is 2. The summed E-state index contributed by atoms with van der Waals surface area (Å²) in [7, 11) is 2.90. The van der Waals surface area contributed by atoms with E-state index in [0.29, 0.717) is 43.1 Å². The highest BCUT2D eigenvalue weighted by atomic mass is 19.1. The van der Waals surface area contributed by atoms with Crippen molar-refractivity contribution in [2.45, 2.75) is 18.9 Å². The number of hydrogen-bond donors (Lipinski definition) is 2. The summed E-state index contributed by atoms with van der Waals surface area (Å²) in [5.41, 5.74) is 2.38. The molecule has 0 spiro atoms. The number of methoxy groups -OCH3 is 1. The molecule has 1 fully saturated rings. The maximum Gasteiger partial charge on any atom is 0.251 e. The quantitative estimate of drug-likeness (QED) is 0.570. The zero-order valence-electron chi connectivity index (χ0n) is 17.3. The number of rotatable bonds is 8. The first-order chi connectivity index (χ1) is 15.1. The molecule has 9 nitrogen and oxygen atoms in total. The molecule has 0 bridgehead atoms. The summed E-state index contributed by atoms with van der Waals surface area (Å²) in [5.74, 6) is -0.279. The molecule has 3 aromatic rings. The first-order valence-corrected chi connectivity index (χ1v) is 9.85. The lowest BCUT2D eigenvalue weighted by atomic mass is 10.0. The van der Waals surface area contributed by atoms with Crippen LogP contribution in [0.15, 0.2) is 36.9 Å². The molecular weight excluding hydrogens is 403 g/mol. The molecule has 1 aliphatic rings. The van der Waals surface area contributed by atoms with Gasteiger partial charge in [-0.2, -0.15) is 5.10 Å². The van der Waals surface area contributed by atoms with Gasteiger partial charge in [0.05, 0.1) is 38.2 Å². The van der Waals surface area contributed by atoms with Gasteiger partial charge in [0.1, 0.15) is 0 Å². The lowest BCUT2D eigenvalue weighted by Crippen LogP contribution is -2.30. The SMILES string of the molecule is CNC(=O)c1cc(CCc2cnc(Nc3cnn(C4COC4)c3)nc2)c(F)c(OC)c1. The van der Waals surface area contributed by atoms with E-state index in [1.165, 1.54) is 26.3 Å². The Morgan fingerprint density at radius 1 is 1.26 bits per heavy atom. The Morgan fingerprint density at radius 2 is 2.03 bits per heavy atom. The predicted octanol–water partition coefficient (Wildman–Crippen LogP) is 2.28. The molecule has 1 saturated heterocycles. The van der Waals surface area contributed by atoms with Gasteiger partial charge in [-0.15, -0.1) is 0 Å². The third kappa shape index (κ3) is 4.64. The topological polar surface area (TPSA) is 103 Å². The summed E-state index contributed by atoms with van der Waals surface area (Å²) < 4.78 is 26.7. The van der Waals surface area contributed by atoms with Crippen LogP contribution in [0.4, 0.5) is 16.0 Å². The highest BCUT2D eigenvalue weighted by molar-refractivity contribution is 5.94. The van der Waals surface area contributed by atoms with Crippen molar-refractivity contribution in [3.05, 3.63) is 59.4 Å². The molecule has 0 saturated carbocycles. The molecule has 0 aliphatic carbocycles. The van der Waals surface area contributed by atoms with Crippen molar-refractivity contribution in [1.29, 1.82) is 0 Å². The number of ether oxygens (including phenoxy) is 2. The fourth-order valence-corrected chi connectivity index (χ4v) is 3.20. The fraction of sp³-hybridized carbons (Fsp3) is 0.333. The molecule has 0 unspecified atom stereocenters. The van der Waals surface area contributed by atoms with Crippen LogP contribution in [0, 0.1) is 5.82 Å². The van der Waals surface area contributed by atoms with Crippen LogP contribution < -0.4 is 15.4 Å². The molecule has 1 aromatic carbocycles. The van der Waals surface area contributed by atoms with E-state index >= 15 is 0 Å². The summed E-state index contributed by atoms with van der Waals surface area (Å²) in [6.45, 7) is 1.34. The highest BCUT2D eigenvalue weighted by Gasteiger charge is 2.21. The molecule has 162 valence electrons.